The molecule has 1 aromatic carbocycles. The fraction of sp³-hybridized carbons (Fsp3) is 0.524. The summed E-state index contributed by atoms with van der Waals surface area (Å²) in [5.41, 5.74) is 5.37. The largest absolute Gasteiger partial charge is 0.357 e. The summed E-state index contributed by atoms with van der Waals surface area (Å²) in [5, 5.41) is 8.05. The number of hydrogen-bond donors (Lipinski definition) is 1. The molecule has 1 aliphatic rings. The smallest absolute Gasteiger partial charge is 0.193 e. The molecule has 1 aliphatic carbocycles. The van der Waals surface area contributed by atoms with Gasteiger partial charge in [-0.3, -0.25) is 9.67 Å². The number of aliphatic imine (C=N–C) groups is 1. The number of guanidine groups is 1. The van der Waals surface area contributed by atoms with Crippen LogP contribution >= 0.6 is 0 Å². The second-order valence-electron chi connectivity index (χ2n) is 7.52. The molecular weight excluding hydrogens is 322 g/mol. The van der Waals surface area contributed by atoms with E-state index < -0.39 is 0 Å². The van der Waals surface area contributed by atoms with Crippen molar-refractivity contribution in [3.63, 3.8) is 0 Å². The first-order chi connectivity index (χ1) is 12.5. The van der Waals surface area contributed by atoms with Gasteiger partial charge in [-0.1, -0.05) is 38.1 Å². The highest BCUT2D eigenvalue weighted by molar-refractivity contribution is 5.79. The quantitative estimate of drug-likeness (QED) is 0.640. The molecule has 3 rings (SSSR count). The van der Waals surface area contributed by atoms with Crippen LogP contribution in [0.3, 0.4) is 0 Å². The molecule has 5 nitrogen and oxygen atoms in total. The van der Waals surface area contributed by atoms with Crippen molar-refractivity contribution >= 4 is 5.96 Å². The number of aromatic nitrogens is 2. The molecule has 26 heavy (non-hydrogen) atoms. The molecule has 1 heterocycles. The highest BCUT2D eigenvalue weighted by Gasteiger charge is 2.25. The van der Waals surface area contributed by atoms with E-state index in [4.69, 9.17) is 4.99 Å². The third kappa shape index (κ3) is 3.92. The number of rotatable bonds is 6. The molecule has 0 saturated heterocycles. The Morgan fingerprint density at radius 2 is 2.15 bits per heavy atom. The molecule has 1 N–H and O–H groups in total. The van der Waals surface area contributed by atoms with E-state index in [-0.39, 0.29) is 0 Å². The van der Waals surface area contributed by atoms with Crippen LogP contribution in [-0.4, -0.2) is 40.8 Å². The molecule has 140 valence electrons. The van der Waals surface area contributed by atoms with Gasteiger partial charge in [0.2, 0.25) is 0 Å². The van der Waals surface area contributed by atoms with Crippen molar-refractivity contribution in [2.75, 3.05) is 20.1 Å². The van der Waals surface area contributed by atoms with Crippen LogP contribution in [0.25, 0.3) is 0 Å². The summed E-state index contributed by atoms with van der Waals surface area (Å²) in [6, 6.07) is 8.71. The lowest BCUT2D eigenvalue weighted by molar-refractivity contribution is 0.470. The van der Waals surface area contributed by atoms with E-state index in [1.807, 2.05) is 11.7 Å². The lowest BCUT2D eigenvalue weighted by Crippen LogP contribution is -2.39. The number of benzene rings is 1. The third-order valence-corrected chi connectivity index (χ3v) is 5.01. The lowest BCUT2D eigenvalue weighted by atomic mass is 9.78. The zero-order valence-corrected chi connectivity index (χ0v) is 16.7. The first-order valence-electron chi connectivity index (χ1n) is 9.59. The summed E-state index contributed by atoms with van der Waals surface area (Å²) in [7, 11) is 4.09. The van der Waals surface area contributed by atoms with E-state index >= 15 is 0 Å². The van der Waals surface area contributed by atoms with E-state index in [0.717, 1.165) is 32.0 Å². The van der Waals surface area contributed by atoms with Gasteiger partial charge in [0.05, 0.1) is 5.69 Å². The van der Waals surface area contributed by atoms with Crippen LogP contribution < -0.4 is 5.32 Å². The number of fused-ring (bicyclic) bond motifs is 1. The zero-order valence-electron chi connectivity index (χ0n) is 16.7. The normalized spacial score (nSPS) is 16.4. The standard InChI is InChI=1S/C21H31N5/c1-6-22-21(23-12-17-11-16-9-7-8-10-19(16)17)25(4)13-18-14-26(5)24-20(18)15(2)3/h7-10,14-15,17H,6,11-13H2,1-5H3,(H,22,23). The fourth-order valence-electron chi connectivity index (χ4n) is 3.69. The Morgan fingerprint density at radius 3 is 2.85 bits per heavy atom. The minimum atomic E-state index is 0.422. The van der Waals surface area contributed by atoms with E-state index in [0.29, 0.717) is 11.8 Å². The van der Waals surface area contributed by atoms with Crippen molar-refractivity contribution in [3.05, 3.63) is 52.8 Å². The molecule has 0 spiro atoms. The summed E-state index contributed by atoms with van der Waals surface area (Å²) in [6.45, 7) is 9.03. The number of nitrogens with zero attached hydrogens (tertiary/aromatic N) is 4. The second kappa shape index (κ2) is 7.94. The maximum Gasteiger partial charge on any atom is 0.193 e. The van der Waals surface area contributed by atoms with E-state index in [1.165, 1.54) is 22.4 Å². The Bertz CT molecular complexity index is 774. The van der Waals surface area contributed by atoms with E-state index in [2.05, 4.69) is 73.6 Å². The highest BCUT2D eigenvalue weighted by atomic mass is 15.3. The second-order valence-corrected chi connectivity index (χ2v) is 7.52. The average Bonchev–Trinajstić information content (AvgIpc) is 2.95. The topological polar surface area (TPSA) is 45.5 Å². The van der Waals surface area contributed by atoms with Gasteiger partial charge in [0, 0.05) is 51.4 Å². The van der Waals surface area contributed by atoms with Gasteiger partial charge < -0.3 is 10.2 Å². The summed E-state index contributed by atoms with van der Waals surface area (Å²) in [4.78, 5) is 7.12. The maximum absolute atomic E-state index is 4.92. The van der Waals surface area contributed by atoms with Crippen molar-refractivity contribution in [2.45, 2.75) is 45.6 Å². The van der Waals surface area contributed by atoms with Crippen molar-refractivity contribution in [3.8, 4) is 0 Å². The van der Waals surface area contributed by atoms with Crippen LogP contribution in [0.1, 0.15) is 55.0 Å². The van der Waals surface area contributed by atoms with Gasteiger partial charge in [-0.05, 0) is 30.4 Å². The summed E-state index contributed by atoms with van der Waals surface area (Å²) in [6.07, 6.45) is 3.26. The van der Waals surface area contributed by atoms with Crippen LogP contribution in [0.4, 0.5) is 0 Å². The third-order valence-electron chi connectivity index (χ3n) is 5.01. The molecule has 0 fully saturated rings. The summed E-state index contributed by atoms with van der Waals surface area (Å²) in [5.74, 6) is 1.94. The Morgan fingerprint density at radius 1 is 1.38 bits per heavy atom. The van der Waals surface area contributed by atoms with Gasteiger partial charge in [-0.25, -0.2) is 0 Å². The van der Waals surface area contributed by atoms with Crippen LogP contribution in [0.2, 0.25) is 0 Å². The molecular formula is C21H31N5. The van der Waals surface area contributed by atoms with Gasteiger partial charge in [-0.15, -0.1) is 0 Å². The predicted molar refractivity (Wildman–Crippen MR) is 108 cm³/mol. The predicted octanol–water partition coefficient (Wildman–Crippen LogP) is 3.28. The number of aryl methyl sites for hydroxylation is 1. The van der Waals surface area contributed by atoms with Crippen molar-refractivity contribution in [1.29, 1.82) is 0 Å². The molecule has 1 aromatic heterocycles. The monoisotopic (exact) mass is 353 g/mol. The minimum Gasteiger partial charge on any atom is -0.357 e. The number of nitrogens with one attached hydrogen (secondary N) is 1. The molecule has 0 amide bonds. The zero-order chi connectivity index (χ0) is 18.7. The molecule has 1 atom stereocenters. The molecule has 0 aliphatic heterocycles. The molecule has 0 radical (unpaired) electrons. The molecule has 2 aromatic rings. The van der Waals surface area contributed by atoms with Crippen LogP contribution in [0, 0.1) is 0 Å². The van der Waals surface area contributed by atoms with E-state index in [9.17, 15) is 0 Å². The van der Waals surface area contributed by atoms with Crippen LogP contribution in [-0.2, 0) is 20.0 Å². The minimum absolute atomic E-state index is 0.422. The lowest BCUT2D eigenvalue weighted by Gasteiger charge is -2.29. The summed E-state index contributed by atoms with van der Waals surface area (Å²) >= 11 is 0. The van der Waals surface area contributed by atoms with Gasteiger partial charge >= 0.3 is 0 Å². The maximum atomic E-state index is 4.92. The molecule has 0 bridgehead atoms. The van der Waals surface area contributed by atoms with Crippen LogP contribution in [0.15, 0.2) is 35.5 Å². The van der Waals surface area contributed by atoms with Gasteiger partial charge in [-0.2, -0.15) is 5.10 Å². The molecule has 1 unspecified atom stereocenters. The van der Waals surface area contributed by atoms with Crippen molar-refractivity contribution in [1.82, 2.24) is 20.0 Å². The van der Waals surface area contributed by atoms with Gasteiger partial charge in [0.1, 0.15) is 0 Å². The Kier molecular flexibility index (Phi) is 5.64. The van der Waals surface area contributed by atoms with Crippen molar-refractivity contribution < 1.29 is 0 Å². The van der Waals surface area contributed by atoms with Gasteiger partial charge in [0.15, 0.2) is 5.96 Å². The highest BCUT2D eigenvalue weighted by Crippen LogP contribution is 2.34. The Labute approximate surface area is 157 Å². The number of hydrogen-bond acceptors (Lipinski definition) is 2. The Hall–Kier alpha value is -2.30. The van der Waals surface area contributed by atoms with Gasteiger partial charge in [0.25, 0.3) is 0 Å². The fourth-order valence-corrected chi connectivity index (χ4v) is 3.69. The van der Waals surface area contributed by atoms with Crippen LogP contribution in [0.5, 0.6) is 0 Å². The van der Waals surface area contributed by atoms with Crippen molar-refractivity contribution in [2.24, 2.45) is 12.0 Å². The summed E-state index contributed by atoms with van der Waals surface area (Å²) < 4.78 is 1.91. The SMILES string of the molecule is CCNC(=NCC1Cc2ccccc21)N(C)Cc1cn(C)nc1C(C)C. The first-order valence-corrected chi connectivity index (χ1v) is 9.59. The molecule has 5 heteroatoms. The average molecular weight is 354 g/mol. The first kappa shape index (κ1) is 18.5. The van der Waals surface area contributed by atoms with E-state index in [1.54, 1.807) is 0 Å². The molecule has 0 saturated carbocycles. The Balaban J connectivity index is 1.69.